The molecule has 1 aromatic carbocycles. The SMILES string of the molecule is CNC(=O)c1ccnc2c(C3CC(CNc4cc(-c5cnc(N(C)C6CCN(CC(F)(F)F)CC6)nc5)ncn4)S3)cccc12. The summed E-state index contributed by atoms with van der Waals surface area (Å²) < 4.78 is 38.2. The summed E-state index contributed by atoms with van der Waals surface area (Å²) in [6.45, 7) is 0.657. The average Bonchev–Trinajstić information content (AvgIpc) is 3.03. The summed E-state index contributed by atoms with van der Waals surface area (Å²) in [5.74, 6) is 1.12. The molecule has 2 unspecified atom stereocenters. The number of anilines is 2. The topological polar surface area (TPSA) is 112 Å². The number of nitrogens with zero attached hydrogens (tertiary/aromatic N) is 7. The lowest BCUT2D eigenvalue weighted by Crippen LogP contribution is -2.46. The van der Waals surface area contributed by atoms with E-state index in [-0.39, 0.29) is 11.9 Å². The molecule has 0 aliphatic carbocycles. The van der Waals surface area contributed by atoms with Crippen molar-refractivity contribution in [1.29, 1.82) is 0 Å². The van der Waals surface area contributed by atoms with Crippen molar-refractivity contribution >= 4 is 40.3 Å². The largest absolute Gasteiger partial charge is 0.401 e. The monoisotopic (exact) mass is 637 g/mol. The molecule has 2 fully saturated rings. The number of carbonyl (C=O) groups excluding carboxylic acids is 1. The quantitative estimate of drug-likeness (QED) is 0.261. The Hall–Kier alpha value is -4.04. The molecule has 0 bridgehead atoms. The van der Waals surface area contributed by atoms with Gasteiger partial charge >= 0.3 is 6.18 Å². The highest BCUT2D eigenvalue weighted by Crippen LogP contribution is 2.50. The van der Waals surface area contributed by atoms with E-state index in [0.717, 1.165) is 35.0 Å². The van der Waals surface area contributed by atoms with Crippen LogP contribution in [0.1, 0.15) is 40.4 Å². The normalized spacial score (nSPS) is 19.2. The Labute approximate surface area is 263 Å². The summed E-state index contributed by atoms with van der Waals surface area (Å²) in [4.78, 5) is 38.1. The Morgan fingerprint density at radius 1 is 1.09 bits per heavy atom. The van der Waals surface area contributed by atoms with Crippen LogP contribution in [0.25, 0.3) is 22.2 Å². The molecule has 5 heterocycles. The number of hydrogen-bond donors (Lipinski definition) is 2. The Morgan fingerprint density at radius 2 is 1.84 bits per heavy atom. The second kappa shape index (κ2) is 13.1. The molecular weight excluding hydrogens is 603 g/mol. The van der Waals surface area contributed by atoms with Crippen LogP contribution in [0.4, 0.5) is 24.9 Å². The van der Waals surface area contributed by atoms with Gasteiger partial charge < -0.3 is 15.5 Å². The molecule has 2 aliphatic rings. The molecular formula is C31H34F3N9OS. The van der Waals surface area contributed by atoms with Crippen molar-refractivity contribution in [2.24, 2.45) is 0 Å². The van der Waals surface area contributed by atoms with Crippen molar-refractivity contribution in [3.63, 3.8) is 0 Å². The van der Waals surface area contributed by atoms with E-state index in [1.807, 2.05) is 41.9 Å². The van der Waals surface area contributed by atoms with Gasteiger partial charge in [-0.05, 0) is 30.9 Å². The maximum Gasteiger partial charge on any atom is 0.401 e. The number of nitrogens with one attached hydrogen (secondary N) is 2. The van der Waals surface area contributed by atoms with Crippen molar-refractivity contribution in [3.8, 4) is 11.3 Å². The summed E-state index contributed by atoms with van der Waals surface area (Å²) in [5.41, 5.74) is 4.07. The third kappa shape index (κ3) is 7.12. The number of hydrogen-bond acceptors (Lipinski definition) is 10. The summed E-state index contributed by atoms with van der Waals surface area (Å²) in [5, 5.41) is 7.68. The van der Waals surface area contributed by atoms with Crippen molar-refractivity contribution in [1.82, 2.24) is 35.1 Å². The minimum Gasteiger partial charge on any atom is -0.369 e. The van der Waals surface area contributed by atoms with Crippen LogP contribution in [0.5, 0.6) is 0 Å². The van der Waals surface area contributed by atoms with Crippen molar-refractivity contribution in [2.75, 3.05) is 50.5 Å². The van der Waals surface area contributed by atoms with Gasteiger partial charge in [-0.2, -0.15) is 13.2 Å². The number of piperidine rings is 1. The van der Waals surface area contributed by atoms with Crippen molar-refractivity contribution in [3.05, 3.63) is 66.4 Å². The van der Waals surface area contributed by atoms with Crippen LogP contribution in [0, 0.1) is 0 Å². The van der Waals surface area contributed by atoms with Crippen LogP contribution >= 0.6 is 11.8 Å². The van der Waals surface area contributed by atoms with Gasteiger partial charge in [0.05, 0.1) is 23.3 Å². The number of halogens is 3. The fourth-order valence-corrected chi connectivity index (χ4v) is 7.20. The summed E-state index contributed by atoms with van der Waals surface area (Å²) in [6, 6.07) is 9.72. The van der Waals surface area contributed by atoms with Crippen molar-refractivity contribution in [2.45, 2.75) is 42.0 Å². The lowest BCUT2D eigenvalue weighted by atomic mass is 9.99. The standard InChI is InChI=1S/C31H34F3N9OS/c1-35-29(44)23-6-9-36-28-22(23)4-3-5-24(28)26-12-21(45-26)16-37-27-13-25(40-18-41-27)19-14-38-30(39-15-19)42(2)20-7-10-43(11-8-20)17-31(32,33)34/h3-6,9,13-15,18,20-21,26H,7-8,10-12,16-17H2,1-2H3,(H,35,44)(H,37,40,41). The molecule has 236 valence electrons. The van der Waals surface area contributed by atoms with Gasteiger partial charge in [0.15, 0.2) is 0 Å². The molecule has 0 radical (unpaired) electrons. The highest BCUT2D eigenvalue weighted by atomic mass is 32.2. The molecule has 3 aromatic heterocycles. The van der Waals surface area contributed by atoms with Gasteiger partial charge in [0.2, 0.25) is 5.95 Å². The molecule has 2 aliphatic heterocycles. The zero-order valence-electron chi connectivity index (χ0n) is 25.0. The number of likely N-dealkylation sites (tertiary alicyclic amines) is 1. The van der Waals surface area contributed by atoms with Gasteiger partial charge in [-0.3, -0.25) is 14.7 Å². The third-order valence-corrected chi connectivity index (χ3v) is 9.91. The second-order valence-corrected chi connectivity index (χ2v) is 12.8. The number of benzene rings is 1. The fourth-order valence-electron chi connectivity index (χ4n) is 5.93. The minimum atomic E-state index is -4.18. The number of aromatic nitrogens is 5. The van der Waals surface area contributed by atoms with Gasteiger partial charge in [0.1, 0.15) is 12.1 Å². The Kier molecular flexibility index (Phi) is 9.04. The summed E-state index contributed by atoms with van der Waals surface area (Å²) >= 11 is 1.88. The van der Waals surface area contributed by atoms with Gasteiger partial charge in [0.25, 0.3) is 5.91 Å². The van der Waals surface area contributed by atoms with Crippen LogP contribution in [0.2, 0.25) is 0 Å². The van der Waals surface area contributed by atoms with E-state index >= 15 is 0 Å². The Balaban J connectivity index is 1.02. The van der Waals surface area contributed by atoms with E-state index in [2.05, 4.69) is 41.6 Å². The molecule has 0 spiro atoms. The number of carbonyl (C=O) groups is 1. The first-order chi connectivity index (χ1) is 21.7. The fraction of sp³-hybridized carbons (Fsp3) is 0.419. The molecule has 2 atom stereocenters. The molecule has 1 amide bonds. The van der Waals surface area contributed by atoms with E-state index < -0.39 is 12.7 Å². The first-order valence-electron chi connectivity index (χ1n) is 14.8. The van der Waals surface area contributed by atoms with Gasteiger partial charge in [-0.25, -0.2) is 19.9 Å². The maximum absolute atomic E-state index is 12.7. The van der Waals surface area contributed by atoms with Crippen molar-refractivity contribution < 1.29 is 18.0 Å². The molecule has 0 saturated carbocycles. The number of amides is 1. The van der Waals surface area contributed by atoms with E-state index in [0.29, 0.717) is 59.5 Å². The van der Waals surface area contributed by atoms with Gasteiger partial charge in [-0.15, -0.1) is 11.8 Å². The molecule has 2 saturated heterocycles. The van der Waals surface area contributed by atoms with E-state index in [1.54, 1.807) is 31.7 Å². The number of para-hydroxylation sites is 1. The lowest BCUT2D eigenvalue weighted by Gasteiger charge is -2.36. The average molecular weight is 638 g/mol. The predicted octanol–water partition coefficient (Wildman–Crippen LogP) is 4.96. The predicted molar refractivity (Wildman–Crippen MR) is 169 cm³/mol. The number of alkyl halides is 3. The van der Waals surface area contributed by atoms with Gasteiger partial charge in [0, 0.05) is 85.9 Å². The lowest BCUT2D eigenvalue weighted by molar-refractivity contribution is -0.147. The molecule has 6 rings (SSSR count). The first kappa shape index (κ1) is 31.0. The van der Waals surface area contributed by atoms with Crippen LogP contribution in [0.15, 0.2) is 55.2 Å². The first-order valence-corrected chi connectivity index (χ1v) is 15.8. The maximum atomic E-state index is 12.7. The highest BCUT2D eigenvalue weighted by Gasteiger charge is 2.34. The Morgan fingerprint density at radius 3 is 2.56 bits per heavy atom. The number of pyridine rings is 1. The number of fused-ring (bicyclic) bond motifs is 1. The molecule has 4 aromatic rings. The molecule has 14 heteroatoms. The minimum absolute atomic E-state index is 0.0797. The third-order valence-electron chi connectivity index (χ3n) is 8.39. The van der Waals surface area contributed by atoms with Crippen LogP contribution in [0.3, 0.4) is 0 Å². The number of rotatable bonds is 9. The van der Waals surface area contributed by atoms with E-state index in [1.165, 1.54) is 11.2 Å². The van der Waals surface area contributed by atoms with Crippen LogP contribution < -0.4 is 15.5 Å². The number of thioether (sulfide) groups is 1. The Bertz CT molecular complexity index is 1640. The van der Waals surface area contributed by atoms with Crippen LogP contribution in [-0.2, 0) is 0 Å². The second-order valence-electron chi connectivity index (χ2n) is 11.3. The molecule has 10 nitrogen and oxygen atoms in total. The van der Waals surface area contributed by atoms with E-state index in [9.17, 15) is 18.0 Å². The van der Waals surface area contributed by atoms with Crippen LogP contribution in [-0.4, -0.2) is 93.5 Å². The highest BCUT2D eigenvalue weighted by molar-refractivity contribution is 8.01. The molecule has 2 N–H and O–H groups in total. The smallest absolute Gasteiger partial charge is 0.369 e. The zero-order valence-corrected chi connectivity index (χ0v) is 25.8. The summed E-state index contributed by atoms with van der Waals surface area (Å²) in [6.07, 6.45) is 4.67. The van der Waals surface area contributed by atoms with E-state index in [4.69, 9.17) is 0 Å². The van der Waals surface area contributed by atoms with Gasteiger partial charge in [-0.1, -0.05) is 18.2 Å². The summed E-state index contributed by atoms with van der Waals surface area (Å²) in [7, 11) is 3.51. The zero-order chi connectivity index (χ0) is 31.6. The molecule has 45 heavy (non-hydrogen) atoms.